The van der Waals surface area contributed by atoms with Crippen LogP contribution >= 0.6 is 27.5 Å². The topological polar surface area (TPSA) is 105 Å². The maximum absolute atomic E-state index is 10.8. The van der Waals surface area contributed by atoms with Crippen LogP contribution in [0.15, 0.2) is 34.0 Å². The quantitative estimate of drug-likeness (QED) is 0.635. The molecular weight excluding hydrogens is 360 g/mol. The lowest BCUT2D eigenvalue weighted by Gasteiger charge is -2.05. The van der Waals surface area contributed by atoms with E-state index in [1.807, 2.05) is 0 Å². The van der Waals surface area contributed by atoms with Gasteiger partial charge < -0.3 is 5.32 Å². The molecule has 0 bridgehead atoms. The molecule has 0 saturated heterocycles. The molecule has 100 valence electrons. The summed E-state index contributed by atoms with van der Waals surface area (Å²) in [5.41, 5.74) is 0.450. The highest BCUT2D eigenvalue weighted by Gasteiger charge is 2.11. The minimum Gasteiger partial charge on any atom is -0.323 e. The number of halogens is 2. The third kappa shape index (κ3) is 3.60. The molecule has 0 saturated carbocycles. The van der Waals surface area contributed by atoms with Crippen LogP contribution < -0.4 is 5.32 Å². The highest BCUT2D eigenvalue weighted by atomic mass is 79.9. The smallest absolute Gasteiger partial charge is 0.312 e. The second-order valence-electron chi connectivity index (χ2n) is 3.32. The van der Waals surface area contributed by atoms with E-state index in [1.165, 1.54) is 18.5 Å². The van der Waals surface area contributed by atoms with Crippen LogP contribution in [0.5, 0.6) is 0 Å². The van der Waals surface area contributed by atoms with Gasteiger partial charge in [-0.1, -0.05) is 11.6 Å². The molecule has 0 aliphatic heterocycles. The maximum Gasteiger partial charge on any atom is 0.312 e. The largest absolute Gasteiger partial charge is 0.323 e. The number of pyridine rings is 1. The van der Waals surface area contributed by atoms with Crippen LogP contribution in [0.1, 0.15) is 0 Å². The van der Waals surface area contributed by atoms with Crippen LogP contribution in [0.3, 0.4) is 0 Å². The maximum atomic E-state index is 10.8. The minimum absolute atomic E-state index is 0.231. The van der Waals surface area contributed by atoms with Crippen LogP contribution in [0, 0.1) is 0 Å². The second-order valence-corrected chi connectivity index (χ2v) is 5.90. The number of nitrogens with one attached hydrogen (secondary N) is 1. The first-order valence-corrected chi connectivity index (χ1v) is 7.36. The molecule has 2 heterocycles. The Kier molecular flexibility index (Phi) is 3.99. The first kappa shape index (κ1) is 14.1. The predicted molar refractivity (Wildman–Crippen MR) is 72.1 cm³/mol. The Balaban J connectivity index is 2.22. The number of nitrogens with zero attached hydrogens (tertiary/aromatic N) is 3. The van der Waals surface area contributed by atoms with Gasteiger partial charge in [-0.3, -0.25) is 4.55 Å². The summed E-state index contributed by atoms with van der Waals surface area (Å²) in [5.74, 6) is 0.231. The van der Waals surface area contributed by atoms with Crippen LogP contribution in [0.2, 0.25) is 5.15 Å². The molecule has 0 aliphatic rings. The van der Waals surface area contributed by atoms with Gasteiger partial charge in [0, 0.05) is 6.20 Å². The molecule has 0 atom stereocenters. The fraction of sp³-hybridized carbons (Fsp3) is 0. The summed E-state index contributed by atoms with van der Waals surface area (Å²) in [4.78, 5) is 11.5. The first-order chi connectivity index (χ1) is 8.86. The average Bonchev–Trinajstić information content (AvgIpc) is 2.33. The Hall–Kier alpha value is -1.29. The Labute approximate surface area is 121 Å². The lowest BCUT2D eigenvalue weighted by Crippen LogP contribution is -2.02. The van der Waals surface area contributed by atoms with E-state index in [2.05, 4.69) is 36.2 Å². The predicted octanol–water partition coefficient (Wildman–Crippen LogP) is 2.28. The Morgan fingerprint density at radius 3 is 2.53 bits per heavy atom. The van der Waals surface area contributed by atoms with Gasteiger partial charge >= 0.3 is 10.1 Å². The van der Waals surface area contributed by atoms with Crippen molar-refractivity contribution in [2.75, 3.05) is 5.32 Å². The van der Waals surface area contributed by atoms with Gasteiger partial charge in [-0.25, -0.2) is 9.97 Å². The standard InChI is InChI=1S/C9H6BrClN4O3S/c10-6-4-13-9(15-8(6)11)14-5-1-2-7(12-3-5)19(16,17)18/h1-4H,(H,13,14,15)(H,16,17,18). The molecule has 2 aromatic rings. The summed E-state index contributed by atoms with van der Waals surface area (Å²) in [7, 11) is -4.30. The summed E-state index contributed by atoms with van der Waals surface area (Å²) in [6.45, 7) is 0. The molecule has 0 spiro atoms. The van der Waals surface area contributed by atoms with Gasteiger partial charge in [-0.05, 0) is 28.1 Å². The average molecular weight is 366 g/mol. The molecular formula is C9H6BrClN4O3S. The Bertz CT molecular complexity index is 708. The lowest BCUT2D eigenvalue weighted by molar-refractivity contribution is 0.479. The molecule has 7 nitrogen and oxygen atoms in total. The highest BCUT2D eigenvalue weighted by Crippen LogP contribution is 2.21. The molecule has 2 rings (SSSR count). The van der Waals surface area contributed by atoms with E-state index in [0.29, 0.717) is 10.2 Å². The normalized spacial score (nSPS) is 11.3. The van der Waals surface area contributed by atoms with Gasteiger partial charge in [0.15, 0.2) is 5.03 Å². The van der Waals surface area contributed by atoms with Crippen molar-refractivity contribution in [1.82, 2.24) is 15.0 Å². The molecule has 2 N–H and O–H groups in total. The van der Waals surface area contributed by atoms with E-state index < -0.39 is 15.1 Å². The van der Waals surface area contributed by atoms with Crippen molar-refractivity contribution in [3.05, 3.63) is 34.2 Å². The molecule has 0 fully saturated rings. The van der Waals surface area contributed by atoms with Crippen molar-refractivity contribution in [2.24, 2.45) is 0 Å². The molecule has 0 unspecified atom stereocenters. The van der Waals surface area contributed by atoms with E-state index in [4.69, 9.17) is 16.2 Å². The molecule has 10 heteroatoms. The second kappa shape index (κ2) is 5.37. The Morgan fingerprint density at radius 2 is 2.00 bits per heavy atom. The van der Waals surface area contributed by atoms with E-state index in [-0.39, 0.29) is 11.1 Å². The molecule has 0 radical (unpaired) electrons. The van der Waals surface area contributed by atoms with Crippen LogP contribution in [-0.2, 0) is 10.1 Å². The number of aromatic nitrogens is 3. The summed E-state index contributed by atoms with van der Waals surface area (Å²) in [5, 5.41) is 2.58. The van der Waals surface area contributed by atoms with Crippen molar-refractivity contribution in [3.8, 4) is 0 Å². The zero-order valence-electron chi connectivity index (χ0n) is 9.08. The van der Waals surface area contributed by atoms with Crippen molar-refractivity contribution in [2.45, 2.75) is 5.03 Å². The molecule has 19 heavy (non-hydrogen) atoms. The zero-order chi connectivity index (χ0) is 14.0. The van der Waals surface area contributed by atoms with Gasteiger partial charge in [-0.2, -0.15) is 13.4 Å². The van der Waals surface area contributed by atoms with Gasteiger partial charge in [0.2, 0.25) is 5.95 Å². The van der Waals surface area contributed by atoms with Crippen LogP contribution in [0.25, 0.3) is 0 Å². The first-order valence-electron chi connectivity index (χ1n) is 4.75. The number of anilines is 2. The third-order valence-corrected chi connectivity index (χ3v) is 3.82. The van der Waals surface area contributed by atoms with Crippen LogP contribution in [0.4, 0.5) is 11.6 Å². The lowest BCUT2D eigenvalue weighted by atomic mass is 10.4. The molecule has 0 aliphatic carbocycles. The third-order valence-electron chi connectivity index (χ3n) is 1.96. The Morgan fingerprint density at radius 1 is 1.26 bits per heavy atom. The van der Waals surface area contributed by atoms with Gasteiger partial charge in [0.25, 0.3) is 0 Å². The SMILES string of the molecule is O=S(=O)(O)c1ccc(Nc2ncc(Br)c(Cl)n2)cn1. The highest BCUT2D eigenvalue weighted by molar-refractivity contribution is 9.10. The van der Waals surface area contributed by atoms with Crippen molar-refractivity contribution >= 4 is 49.3 Å². The minimum atomic E-state index is -4.30. The van der Waals surface area contributed by atoms with E-state index >= 15 is 0 Å². The van der Waals surface area contributed by atoms with Gasteiger partial charge in [0.1, 0.15) is 5.15 Å². The van der Waals surface area contributed by atoms with Crippen molar-refractivity contribution in [3.63, 3.8) is 0 Å². The van der Waals surface area contributed by atoms with Gasteiger partial charge in [-0.15, -0.1) is 0 Å². The fourth-order valence-corrected chi connectivity index (χ4v) is 1.89. The van der Waals surface area contributed by atoms with Crippen LogP contribution in [-0.4, -0.2) is 27.9 Å². The number of rotatable bonds is 3. The number of hydrogen-bond acceptors (Lipinski definition) is 6. The van der Waals surface area contributed by atoms with Crippen molar-refractivity contribution < 1.29 is 13.0 Å². The monoisotopic (exact) mass is 364 g/mol. The summed E-state index contributed by atoms with van der Waals surface area (Å²) < 4.78 is 31.0. The fourth-order valence-electron chi connectivity index (χ4n) is 1.14. The van der Waals surface area contributed by atoms with E-state index in [9.17, 15) is 8.42 Å². The summed E-state index contributed by atoms with van der Waals surface area (Å²) in [6.07, 6.45) is 2.69. The molecule has 0 aromatic carbocycles. The number of hydrogen-bond donors (Lipinski definition) is 2. The summed E-state index contributed by atoms with van der Waals surface area (Å²) >= 11 is 8.95. The molecule has 0 amide bonds. The van der Waals surface area contributed by atoms with Gasteiger partial charge in [0.05, 0.1) is 16.4 Å². The van der Waals surface area contributed by atoms with E-state index in [1.54, 1.807) is 0 Å². The summed E-state index contributed by atoms with van der Waals surface area (Å²) in [6, 6.07) is 2.56. The van der Waals surface area contributed by atoms with E-state index in [0.717, 1.165) is 6.07 Å². The zero-order valence-corrected chi connectivity index (χ0v) is 12.2. The molecule has 2 aromatic heterocycles. The van der Waals surface area contributed by atoms with Crippen molar-refractivity contribution in [1.29, 1.82) is 0 Å².